The number of benzene rings is 3. The zero-order chi connectivity index (χ0) is 21.1. The molecule has 3 aromatic carbocycles. The lowest BCUT2D eigenvalue weighted by Gasteiger charge is -2.19. The van der Waals surface area contributed by atoms with Crippen LogP contribution in [0.15, 0.2) is 94.1 Å². The maximum absolute atomic E-state index is 13.0. The van der Waals surface area contributed by atoms with Gasteiger partial charge in [-0.1, -0.05) is 60.7 Å². The monoisotopic (exact) mass is 400 g/mol. The van der Waals surface area contributed by atoms with E-state index in [1.165, 1.54) is 24.3 Å². The summed E-state index contributed by atoms with van der Waals surface area (Å²) in [5, 5.41) is 14.2. The number of nitrogens with zero attached hydrogens (tertiary/aromatic N) is 1. The van der Waals surface area contributed by atoms with E-state index in [4.69, 9.17) is 4.42 Å². The van der Waals surface area contributed by atoms with Crippen molar-refractivity contribution in [3.05, 3.63) is 122 Å². The van der Waals surface area contributed by atoms with Gasteiger partial charge in [-0.05, 0) is 23.3 Å². The second kappa shape index (κ2) is 8.00. The number of rotatable bonds is 5. The van der Waals surface area contributed by atoms with Crippen LogP contribution >= 0.6 is 0 Å². The van der Waals surface area contributed by atoms with Crippen LogP contribution in [0.5, 0.6) is 0 Å². The average molecular weight is 400 g/mol. The summed E-state index contributed by atoms with van der Waals surface area (Å²) in [4.78, 5) is 35.8. The minimum Gasteiger partial charge on any atom is -0.422 e. The lowest BCUT2D eigenvalue weighted by molar-refractivity contribution is -0.384. The summed E-state index contributed by atoms with van der Waals surface area (Å²) in [7, 11) is 0. The highest BCUT2D eigenvalue weighted by atomic mass is 16.6. The molecule has 1 aromatic heterocycles. The van der Waals surface area contributed by atoms with Gasteiger partial charge >= 0.3 is 5.63 Å². The summed E-state index contributed by atoms with van der Waals surface area (Å²) in [5.41, 5.74) is 0.670. The Morgan fingerprint density at radius 2 is 1.50 bits per heavy atom. The van der Waals surface area contributed by atoms with Crippen molar-refractivity contribution < 1.29 is 14.1 Å². The summed E-state index contributed by atoms with van der Waals surface area (Å²) < 4.78 is 5.20. The first kappa shape index (κ1) is 19.1. The number of carbonyl (C=O) groups excluding carboxylic acids is 1. The first-order valence-electron chi connectivity index (χ1n) is 9.16. The van der Waals surface area contributed by atoms with Gasteiger partial charge in [0, 0.05) is 17.5 Å². The standard InChI is InChI=1S/C23H16N2O5/c26-22(19-14-17-13-18(25(28)29)11-12-20(17)30-23(19)27)24-21(15-7-3-1-4-8-15)16-9-5-2-6-10-16/h1-14,21H,(H,24,26). The molecular weight excluding hydrogens is 384 g/mol. The van der Waals surface area contributed by atoms with Gasteiger partial charge in [-0.2, -0.15) is 0 Å². The van der Waals surface area contributed by atoms with E-state index in [9.17, 15) is 19.7 Å². The maximum Gasteiger partial charge on any atom is 0.349 e. The van der Waals surface area contributed by atoms with Crippen LogP contribution < -0.4 is 10.9 Å². The van der Waals surface area contributed by atoms with Crippen LogP contribution in [0.1, 0.15) is 27.5 Å². The summed E-state index contributed by atoms with van der Waals surface area (Å²) in [5.74, 6) is -0.630. The minimum atomic E-state index is -0.811. The molecule has 0 fully saturated rings. The third-order valence-corrected chi connectivity index (χ3v) is 4.71. The first-order chi connectivity index (χ1) is 14.5. The molecule has 0 saturated heterocycles. The molecule has 30 heavy (non-hydrogen) atoms. The Balaban J connectivity index is 1.73. The van der Waals surface area contributed by atoms with Crippen molar-refractivity contribution >= 4 is 22.6 Å². The number of fused-ring (bicyclic) bond motifs is 1. The van der Waals surface area contributed by atoms with Crippen LogP contribution in [0.3, 0.4) is 0 Å². The highest BCUT2D eigenvalue weighted by Crippen LogP contribution is 2.23. The molecule has 0 atom stereocenters. The van der Waals surface area contributed by atoms with Gasteiger partial charge in [0.15, 0.2) is 0 Å². The molecule has 4 rings (SSSR count). The smallest absolute Gasteiger partial charge is 0.349 e. The third-order valence-electron chi connectivity index (χ3n) is 4.71. The van der Waals surface area contributed by atoms with Gasteiger partial charge < -0.3 is 9.73 Å². The predicted molar refractivity (Wildman–Crippen MR) is 111 cm³/mol. The highest BCUT2D eigenvalue weighted by molar-refractivity contribution is 5.97. The number of nitrogens with one attached hydrogen (secondary N) is 1. The number of hydrogen-bond acceptors (Lipinski definition) is 5. The molecule has 0 saturated carbocycles. The zero-order valence-corrected chi connectivity index (χ0v) is 15.6. The number of nitro groups is 1. The van der Waals surface area contributed by atoms with Gasteiger partial charge in [-0.25, -0.2) is 4.79 Å². The largest absolute Gasteiger partial charge is 0.422 e. The summed E-state index contributed by atoms with van der Waals surface area (Å²) in [6, 6.07) is 23.4. The summed E-state index contributed by atoms with van der Waals surface area (Å²) in [6.45, 7) is 0. The molecule has 7 nitrogen and oxygen atoms in total. The van der Waals surface area contributed by atoms with Crippen molar-refractivity contribution in [2.45, 2.75) is 6.04 Å². The van der Waals surface area contributed by atoms with Crippen LogP contribution in [0.2, 0.25) is 0 Å². The number of carbonyl (C=O) groups is 1. The van der Waals surface area contributed by atoms with Crippen molar-refractivity contribution in [2.75, 3.05) is 0 Å². The van der Waals surface area contributed by atoms with Crippen molar-refractivity contribution in [1.82, 2.24) is 5.32 Å². The van der Waals surface area contributed by atoms with Crippen molar-refractivity contribution in [2.24, 2.45) is 0 Å². The normalized spacial score (nSPS) is 10.8. The Labute approximate surface area is 170 Å². The van der Waals surface area contributed by atoms with Crippen LogP contribution in [0.4, 0.5) is 5.69 Å². The molecule has 0 unspecified atom stereocenters. The molecule has 0 spiro atoms. The van der Waals surface area contributed by atoms with Gasteiger partial charge in [-0.15, -0.1) is 0 Å². The highest BCUT2D eigenvalue weighted by Gasteiger charge is 2.21. The second-order valence-electron chi connectivity index (χ2n) is 6.65. The number of hydrogen-bond donors (Lipinski definition) is 1. The third kappa shape index (κ3) is 3.81. The Morgan fingerprint density at radius 1 is 0.900 bits per heavy atom. The molecular formula is C23H16N2O5. The lowest BCUT2D eigenvalue weighted by Crippen LogP contribution is -2.32. The SMILES string of the molecule is O=C(NC(c1ccccc1)c1ccccc1)c1cc2cc([N+](=O)[O-])ccc2oc1=O. The molecule has 1 N–H and O–H groups in total. The van der Waals surface area contributed by atoms with Gasteiger partial charge in [-0.3, -0.25) is 14.9 Å². The quantitative estimate of drug-likeness (QED) is 0.307. The van der Waals surface area contributed by atoms with Gasteiger partial charge in [0.1, 0.15) is 11.1 Å². The van der Waals surface area contributed by atoms with E-state index < -0.39 is 22.5 Å². The van der Waals surface area contributed by atoms with Crippen molar-refractivity contribution in [3.63, 3.8) is 0 Å². The van der Waals surface area contributed by atoms with Crippen molar-refractivity contribution in [1.29, 1.82) is 0 Å². The van der Waals surface area contributed by atoms with E-state index in [1.807, 2.05) is 60.7 Å². The van der Waals surface area contributed by atoms with Gasteiger partial charge in [0.05, 0.1) is 11.0 Å². The Bertz CT molecular complexity index is 1240. The molecule has 0 radical (unpaired) electrons. The van der Waals surface area contributed by atoms with Crippen molar-refractivity contribution in [3.8, 4) is 0 Å². The topological polar surface area (TPSA) is 102 Å². The van der Waals surface area contributed by atoms with Crippen LogP contribution in [-0.4, -0.2) is 10.8 Å². The Kier molecular flexibility index (Phi) is 5.09. The van der Waals surface area contributed by atoms with E-state index in [0.29, 0.717) is 5.39 Å². The molecule has 148 valence electrons. The molecule has 0 bridgehead atoms. The first-order valence-corrected chi connectivity index (χ1v) is 9.16. The van der Waals surface area contributed by atoms with Gasteiger partial charge in [0.25, 0.3) is 11.6 Å². The van der Waals surface area contributed by atoms with E-state index in [1.54, 1.807) is 0 Å². The van der Waals surface area contributed by atoms with Gasteiger partial charge in [0.2, 0.25) is 0 Å². The van der Waals surface area contributed by atoms with E-state index in [-0.39, 0.29) is 16.8 Å². The summed E-state index contributed by atoms with van der Waals surface area (Å²) >= 11 is 0. The maximum atomic E-state index is 13.0. The zero-order valence-electron chi connectivity index (χ0n) is 15.6. The fourth-order valence-corrected chi connectivity index (χ4v) is 3.24. The average Bonchev–Trinajstić information content (AvgIpc) is 2.77. The number of non-ortho nitro benzene ring substituents is 1. The fraction of sp³-hybridized carbons (Fsp3) is 0.0435. The molecule has 4 aromatic rings. The van der Waals surface area contributed by atoms with E-state index in [0.717, 1.165) is 11.1 Å². The van der Waals surface area contributed by atoms with E-state index in [2.05, 4.69) is 5.32 Å². The summed E-state index contributed by atoms with van der Waals surface area (Å²) in [6.07, 6.45) is 0. The van der Waals surface area contributed by atoms with Crippen LogP contribution in [-0.2, 0) is 0 Å². The molecule has 0 aliphatic heterocycles. The Morgan fingerprint density at radius 3 is 2.07 bits per heavy atom. The number of amides is 1. The molecule has 1 heterocycles. The molecule has 0 aliphatic rings. The molecule has 7 heteroatoms. The van der Waals surface area contributed by atoms with Crippen LogP contribution in [0.25, 0.3) is 11.0 Å². The fourth-order valence-electron chi connectivity index (χ4n) is 3.24. The minimum absolute atomic E-state index is 0.158. The molecule has 0 aliphatic carbocycles. The second-order valence-corrected chi connectivity index (χ2v) is 6.65. The lowest BCUT2D eigenvalue weighted by atomic mass is 9.98. The Hall–Kier alpha value is -4.26. The van der Waals surface area contributed by atoms with E-state index >= 15 is 0 Å². The molecule has 1 amide bonds. The van der Waals surface area contributed by atoms with Crippen LogP contribution in [0, 0.1) is 10.1 Å². The predicted octanol–water partition coefficient (Wildman–Crippen LogP) is 4.22. The number of nitro benzene ring substituents is 1.